The largest absolute Gasteiger partial charge is 0.313 e. The Balaban J connectivity index is 1.46. The maximum Gasteiger partial charge on any atom is 0.147 e. The smallest absolute Gasteiger partial charge is 0.147 e. The SMILES string of the molecule is c1cc(CN2CCCn3c(CN4CCCC4)nnc3C2)cs1. The lowest BCUT2D eigenvalue weighted by Gasteiger charge is -2.17. The molecule has 2 aromatic rings. The summed E-state index contributed by atoms with van der Waals surface area (Å²) in [5.41, 5.74) is 1.41. The molecule has 118 valence electrons. The molecule has 1 fully saturated rings. The Morgan fingerprint density at radius 2 is 1.82 bits per heavy atom. The molecule has 0 bridgehead atoms. The fraction of sp³-hybridized carbons (Fsp3) is 0.625. The Labute approximate surface area is 135 Å². The second-order valence-corrected chi connectivity index (χ2v) is 7.14. The van der Waals surface area contributed by atoms with E-state index in [9.17, 15) is 0 Å². The quantitative estimate of drug-likeness (QED) is 0.867. The molecule has 0 radical (unpaired) electrons. The summed E-state index contributed by atoms with van der Waals surface area (Å²) in [5, 5.41) is 13.4. The highest BCUT2D eigenvalue weighted by Crippen LogP contribution is 2.18. The number of rotatable bonds is 4. The first kappa shape index (κ1) is 14.4. The van der Waals surface area contributed by atoms with Gasteiger partial charge in [0.1, 0.15) is 11.6 Å². The molecular weight excluding hydrogens is 294 g/mol. The van der Waals surface area contributed by atoms with Crippen LogP contribution in [-0.2, 0) is 26.2 Å². The lowest BCUT2D eigenvalue weighted by molar-refractivity contribution is 0.258. The molecule has 0 saturated carbocycles. The van der Waals surface area contributed by atoms with Crippen LogP contribution in [0.4, 0.5) is 0 Å². The Hall–Kier alpha value is -1.24. The molecule has 0 aromatic carbocycles. The van der Waals surface area contributed by atoms with Crippen molar-refractivity contribution >= 4 is 11.3 Å². The Morgan fingerprint density at radius 3 is 2.64 bits per heavy atom. The first-order valence-corrected chi connectivity index (χ1v) is 9.19. The van der Waals surface area contributed by atoms with Gasteiger partial charge in [-0.05, 0) is 54.7 Å². The summed E-state index contributed by atoms with van der Waals surface area (Å²) in [6.07, 6.45) is 3.84. The van der Waals surface area contributed by atoms with E-state index >= 15 is 0 Å². The molecular formula is C16H23N5S. The average molecular weight is 317 g/mol. The molecule has 6 heteroatoms. The van der Waals surface area contributed by atoms with Crippen molar-refractivity contribution in [2.75, 3.05) is 19.6 Å². The third-order valence-electron chi connectivity index (χ3n) is 4.68. The number of aromatic nitrogens is 3. The van der Waals surface area contributed by atoms with E-state index in [1.54, 1.807) is 11.3 Å². The third-order valence-corrected chi connectivity index (χ3v) is 5.41. The summed E-state index contributed by atoms with van der Waals surface area (Å²) in [7, 11) is 0. The summed E-state index contributed by atoms with van der Waals surface area (Å²) < 4.78 is 2.37. The molecule has 1 saturated heterocycles. The minimum Gasteiger partial charge on any atom is -0.313 e. The van der Waals surface area contributed by atoms with Gasteiger partial charge in [0.05, 0.1) is 13.1 Å². The Bertz CT molecular complexity index is 600. The zero-order valence-corrected chi connectivity index (χ0v) is 13.8. The van der Waals surface area contributed by atoms with Crippen LogP contribution in [0.25, 0.3) is 0 Å². The predicted molar refractivity (Wildman–Crippen MR) is 87.6 cm³/mol. The van der Waals surface area contributed by atoms with Gasteiger partial charge < -0.3 is 4.57 Å². The van der Waals surface area contributed by atoms with Crippen LogP contribution in [0.1, 0.15) is 36.5 Å². The molecule has 0 spiro atoms. The van der Waals surface area contributed by atoms with Gasteiger partial charge >= 0.3 is 0 Å². The molecule has 0 atom stereocenters. The van der Waals surface area contributed by atoms with E-state index in [4.69, 9.17) is 0 Å². The van der Waals surface area contributed by atoms with Crippen LogP contribution in [0.15, 0.2) is 16.8 Å². The van der Waals surface area contributed by atoms with Gasteiger partial charge in [0.15, 0.2) is 0 Å². The van der Waals surface area contributed by atoms with Crippen molar-refractivity contribution in [1.82, 2.24) is 24.6 Å². The lowest BCUT2D eigenvalue weighted by Crippen LogP contribution is -2.23. The van der Waals surface area contributed by atoms with E-state index in [1.165, 1.54) is 37.9 Å². The fourth-order valence-electron chi connectivity index (χ4n) is 3.51. The normalized spacial score (nSPS) is 20.2. The number of nitrogens with zero attached hydrogens (tertiary/aromatic N) is 5. The molecule has 5 nitrogen and oxygen atoms in total. The molecule has 22 heavy (non-hydrogen) atoms. The van der Waals surface area contributed by atoms with Crippen LogP contribution in [0.5, 0.6) is 0 Å². The fourth-order valence-corrected chi connectivity index (χ4v) is 4.17. The van der Waals surface area contributed by atoms with E-state index in [0.29, 0.717) is 0 Å². The maximum atomic E-state index is 4.49. The zero-order chi connectivity index (χ0) is 14.8. The summed E-state index contributed by atoms with van der Waals surface area (Å²) >= 11 is 1.78. The van der Waals surface area contributed by atoms with Gasteiger partial charge in [0.25, 0.3) is 0 Å². The maximum absolute atomic E-state index is 4.49. The van der Waals surface area contributed by atoms with Crippen LogP contribution in [0.3, 0.4) is 0 Å². The van der Waals surface area contributed by atoms with E-state index in [1.807, 2.05) is 0 Å². The monoisotopic (exact) mass is 317 g/mol. The molecule has 0 amide bonds. The van der Waals surface area contributed by atoms with Crippen molar-refractivity contribution in [3.63, 3.8) is 0 Å². The van der Waals surface area contributed by atoms with Crippen LogP contribution >= 0.6 is 11.3 Å². The second-order valence-electron chi connectivity index (χ2n) is 6.36. The van der Waals surface area contributed by atoms with E-state index in [2.05, 4.69) is 41.4 Å². The van der Waals surface area contributed by atoms with Crippen molar-refractivity contribution in [2.24, 2.45) is 0 Å². The predicted octanol–water partition coefficient (Wildman–Crippen LogP) is 2.34. The van der Waals surface area contributed by atoms with Gasteiger partial charge in [-0.2, -0.15) is 11.3 Å². The summed E-state index contributed by atoms with van der Waals surface area (Å²) in [6, 6.07) is 2.22. The first-order chi connectivity index (χ1) is 10.9. The van der Waals surface area contributed by atoms with Crippen LogP contribution in [0.2, 0.25) is 0 Å². The van der Waals surface area contributed by atoms with Crippen molar-refractivity contribution in [3.05, 3.63) is 34.0 Å². The summed E-state index contributed by atoms with van der Waals surface area (Å²) in [6.45, 7) is 7.55. The first-order valence-electron chi connectivity index (χ1n) is 8.25. The van der Waals surface area contributed by atoms with Gasteiger partial charge in [0, 0.05) is 19.6 Å². The highest BCUT2D eigenvalue weighted by Gasteiger charge is 2.21. The third kappa shape index (κ3) is 3.09. The molecule has 0 unspecified atom stereocenters. The van der Waals surface area contributed by atoms with Gasteiger partial charge in [-0.25, -0.2) is 0 Å². The van der Waals surface area contributed by atoms with E-state index < -0.39 is 0 Å². The molecule has 0 N–H and O–H groups in total. The molecule has 4 rings (SSSR count). The van der Waals surface area contributed by atoms with Crippen LogP contribution < -0.4 is 0 Å². The summed E-state index contributed by atoms with van der Waals surface area (Å²) in [4.78, 5) is 5.00. The van der Waals surface area contributed by atoms with Gasteiger partial charge in [-0.1, -0.05) is 0 Å². The topological polar surface area (TPSA) is 37.2 Å². The van der Waals surface area contributed by atoms with Crippen molar-refractivity contribution in [3.8, 4) is 0 Å². The Morgan fingerprint density at radius 1 is 0.955 bits per heavy atom. The second kappa shape index (κ2) is 6.48. The van der Waals surface area contributed by atoms with Gasteiger partial charge in [0.2, 0.25) is 0 Å². The molecule has 2 aliphatic rings. The van der Waals surface area contributed by atoms with Crippen molar-refractivity contribution in [1.29, 1.82) is 0 Å². The van der Waals surface area contributed by atoms with E-state index in [0.717, 1.165) is 44.4 Å². The zero-order valence-electron chi connectivity index (χ0n) is 12.9. The molecule has 0 aliphatic carbocycles. The minimum absolute atomic E-state index is 0.919. The van der Waals surface area contributed by atoms with Crippen molar-refractivity contribution < 1.29 is 0 Å². The lowest BCUT2D eigenvalue weighted by atomic mass is 10.3. The van der Waals surface area contributed by atoms with Crippen LogP contribution in [-0.4, -0.2) is 44.2 Å². The Kier molecular flexibility index (Phi) is 4.23. The number of thiophene rings is 1. The minimum atomic E-state index is 0.919. The molecule has 2 aliphatic heterocycles. The number of fused-ring (bicyclic) bond motifs is 1. The van der Waals surface area contributed by atoms with Gasteiger partial charge in [-0.15, -0.1) is 10.2 Å². The highest BCUT2D eigenvalue weighted by molar-refractivity contribution is 7.07. The highest BCUT2D eigenvalue weighted by atomic mass is 32.1. The number of hydrogen-bond donors (Lipinski definition) is 0. The van der Waals surface area contributed by atoms with E-state index in [-0.39, 0.29) is 0 Å². The number of hydrogen-bond acceptors (Lipinski definition) is 5. The van der Waals surface area contributed by atoms with Crippen LogP contribution in [0, 0.1) is 0 Å². The van der Waals surface area contributed by atoms with Gasteiger partial charge in [-0.3, -0.25) is 9.80 Å². The van der Waals surface area contributed by atoms with Crippen molar-refractivity contribution in [2.45, 2.75) is 45.4 Å². The average Bonchev–Trinajstić information content (AvgIpc) is 3.23. The summed E-state index contributed by atoms with van der Waals surface area (Å²) in [5.74, 6) is 2.30. The number of likely N-dealkylation sites (tertiary alicyclic amines) is 1. The molecule has 4 heterocycles. The molecule has 2 aromatic heterocycles. The standard InChI is InChI=1S/C16H23N5S/c1-2-6-19(5-1)11-15-17-18-16-12-20(7-3-8-21(15)16)10-14-4-9-22-13-14/h4,9,13H,1-3,5-8,10-12H2.